The maximum absolute atomic E-state index is 11.6. The molecule has 0 bridgehead atoms. The van der Waals surface area contributed by atoms with E-state index < -0.39 is 0 Å². The first-order valence-corrected chi connectivity index (χ1v) is 6.84. The van der Waals surface area contributed by atoms with Crippen LogP contribution in [0, 0.1) is 0 Å². The third kappa shape index (κ3) is 3.23. The van der Waals surface area contributed by atoms with Crippen LogP contribution in [0.4, 0.5) is 11.4 Å². The minimum atomic E-state index is 0.0645. The van der Waals surface area contributed by atoms with E-state index in [0.717, 1.165) is 35.4 Å². The fourth-order valence-electron chi connectivity index (χ4n) is 2.10. The third-order valence-corrected chi connectivity index (χ3v) is 3.44. The van der Waals surface area contributed by atoms with Crippen LogP contribution < -0.4 is 10.2 Å². The lowest BCUT2D eigenvalue weighted by Gasteiger charge is -2.31. The molecule has 0 unspecified atom stereocenters. The van der Waals surface area contributed by atoms with E-state index in [0.29, 0.717) is 6.54 Å². The summed E-state index contributed by atoms with van der Waals surface area (Å²) in [7, 11) is 4.13. The highest BCUT2D eigenvalue weighted by molar-refractivity contribution is 9.10. The monoisotopic (exact) mass is 311 g/mol. The molecule has 0 saturated carbocycles. The van der Waals surface area contributed by atoms with Gasteiger partial charge in [0.15, 0.2) is 0 Å². The van der Waals surface area contributed by atoms with Crippen molar-refractivity contribution in [3.05, 3.63) is 22.7 Å². The Morgan fingerprint density at radius 1 is 1.44 bits per heavy atom. The second-order valence-electron chi connectivity index (χ2n) is 4.79. The SMILES string of the molecule is CN(C)CCCN1CC(=O)Nc2ccc(Br)cc21. The highest BCUT2D eigenvalue weighted by Crippen LogP contribution is 2.32. The van der Waals surface area contributed by atoms with Gasteiger partial charge in [-0.25, -0.2) is 0 Å². The fraction of sp³-hybridized carbons (Fsp3) is 0.462. The summed E-state index contributed by atoms with van der Waals surface area (Å²) in [6, 6.07) is 5.95. The van der Waals surface area contributed by atoms with Gasteiger partial charge in [0.1, 0.15) is 0 Å². The molecule has 4 nitrogen and oxygen atoms in total. The smallest absolute Gasteiger partial charge is 0.243 e. The van der Waals surface area contributed by atoms with E-state index in [1.807, 2.05) is 12.1 Å². The van der Waals surface area contributed by atoms with Gasteiger partial charge in [0.05, 0.1) is 17.9 Å². The summed E-state index contributed by atoms with van der Waals surface area (Å²) in [6.07, 6.45) is 1.05. The minimum absolute atomic E-state index is 0.0645. The summed E-state index contributed by atoms with van der Waals surface area (Å²) in [5, 5.41) is 2.90. The predicted molar refractivity (Wildman–Crippen MR) is 78.2 cm³/mol. The van der Waals surface area contributed by atoms with Crippen LogP contribution in [0.15, 0.2) is 22.7 Å². The van der Waals surface area contributed by atoms with Crippen molar-refractivity contribution in [1.82, 2.24) is 4.90 Å². The van der Waals surface area contributed by atoms with Gasteiger partial charge in [0, 0.05) is 11.0 Å². The van der Waals surface area contributed by atoms with Gasteiger partial charge in [0.2, 0.25) is 5.91 Å². The lowest BCUT2D eigenvalue weighted by molar-refractivity contribution is -0.115. The predicted octanol–water partition coefficient (Wildman–Crippen LogP) is 2.16. The summed E-state index contributed by atoms with van der Waals surface area (Å²) >= 11 is 3.48. The standard InChI is InChI=1S/C13H18BrN3O/c1-16(2)6-3-7-17-9-13(18)15-11-5-4-10(14)8-12(11)17/h4-5,8H,3,6-7,9H2,1-2H3,(H,15,18). The Hall–Kier alpha value is -1.07. The number of carbonyl (C=O) groups excluding carboxylic acids is 1. The Morgan fingerprint density at radius 2 is 2.22 bits per heavy atom. The van der Waals surface area contributed by atoms with Gasteiger partial charge < -0.3 is 15.1 Å². The second kappa shape index (κ2) is 5.71. The average Bonchev–Trinajstić information content (AvgIpc) is 2.29. The quantitative estimate of drug-likeness (QED) is 0.925. The van der Waals surface area contributed by atoms with E-state index in [-0.39, 0.29) is 5.91 Å². The van der Waals surface area contributed by atoms with Gasteiger partial charge in [-0.05, 0) is 45.3 Å². The zero-order chi connectivity index (χ0) is 13.1. The molecule has 1 N–H and O–H groups in total. The van der Waals surface area contributed by atoms with Crippen LogP contribution in [-0.4, -0.2) is 44.5 Å². The second-order valence-corrected chi connectivity index (χ2v) is 5.70. The van der Waals surface area contributed by atoms with Gasteiger partial charge >= 0.3 is 0 Å². The summed E-state index contributed by atoms with van der Waals surface area (Å²) in [4.78, 5) is 15.9. The number of amides is 1. The summed E-state index contributed by atoms with van der Waals surface area (Å²) < 4.78 is 1.04. The van der Waals surface area contributed by atoms with E-state index >= 15 is 0 Å². The number of nitrogens with one attached hydrogen (secondary N) is 1. The van der Waals surface area contributed by atoms with Crippen LogP contribution in [0.3, 0.4) is 0 Å². The molecule has 0 spiro atoms. The fourth-order valence-corrected chi connectivity index (χ4v) is 2.45. The molecule has 1 aromatic rings. The largest absolute Gasteiger partial charge is 0.360 e. The molecule has 1 aliphatic rings. The molecule has 18 heavy (non-hydrogen) atoms. The Kier molecular flexibility index (Phi) is 4.24. The molecule has 0 aliphatic carbocycles. The Labute approximate surface area is 116 Å². The van der Waals surface area contributed by atoms with Crippen LogP contribution >= 0.6 is 15.9 Å². The van der Waals surface area contributed by atoms with Crippen molar-refractivity contribution in [3.63, 3.8) is 0 Å². The molecule has 1 heterocycles. The van der Waals surface area contributed by atoms with Crippen molar-refractivity contribution in [1.29, 1.82) is 0 Å². The van der Waals surface area contributed by atoms with Crippen LogP contribution in [-0.2, 0) is 4.79 Å². The molecule has 0 atom stereocenters. The van der Waals surface area contributed by atoms with E-state index in [4.69, 9.17) is 0 Å². The zero-order valence-electron chi connectivity index (χ0n) is 10.7. The Morgan fingerprint density at radius 3 is 2.94 bits per heavy atom. The Bertz CT molecular complexity index is 448. The van der Waals surface area contributed by atoms with E-state index in [1.165, 1.54) is 0 Å². The summed E-state index contributed by atoms with van der Waals surface area (Å²) in [5.74, 6) is 0.0645. The highest BCUT2D eigenvalue weighted by Gasteiger charge is 2.21. The first-order valence-electron chi connectivity index (χ1n) is 6.05. The molecule has 0 saturated heterocycles. The molecule has 0 fully saturated rings. The molecular weight excluding hydrogens is 294 g/mol. The average molecular weight is 312 g/mol. The van der Waals surface area contributed by atoms with Gasteiger partial charge in [-0.15, -0.1) is 0 Å². The number of benzene rings is 1. The van der Waals surface area contributed by atoms with Crippen LogP contribution in [0.2, 0.25) is 0 Å². The number of hydrogen-bond acceptors (Lipinski definition) is 3. The van der Waals surface area contributed by atoms with E-state index in [1.54, 1.807) is 0 Å². The molecular formula is C13H18BrN3O. The molecule has 2 rings (SSSR count). The molecule has 0 radical (unpaired) electrons. The maximum Gasteiger partial charge on any atom is 0.243 e. The number of rotatable bonds is 4. The van der Waals surface area contributed by atoms with E-state index in [2.05, 4.69) is 51.2 Å². The number of carbonyl (C=O) groups is 1. The number of hydrogen-bond donors (Lipinski definition) is 1. The third-order valence-electron chi connectivity index (χ3n) is 2.94. The van der Waals surface area contributed by atoms with Crippen molar-refractivity contribution in [2.45, 2.75) is 6.42 Å². The number of anilines is 2. The van der Waals surface area contributed by atoms with Crippen molar-refractivity contribution in [2.75, 3.05) is 43.9 Å². The number of nitrogens with zero attached hydrogens (tertiary/aromatic N) is 2. The van der Waals surface area contributed by atoms with Crippen LogP contribution in [0.1, 0.15) is 6.42 Å². The van der Waals surface area contributed by atoms with Crippen molar-refractivity contribution in [3.8, 4) is 0 Å². The van der Waals surface area contributed by atoms with Gasteiger partial charge in [-0.3, -0.25) is 4.79 Å². The first-order chi connectivity index (χ1) is 8.56. The van der Waals surface area contributed by atoms with Crippen molar-refractivity contribution in [2.24, 2.45) is 0 Å². The topological polar surface area (TPSA) is 35.6 Å². The van der Waals surface area contributed by atoms with Gasteiger partial charge in [0.25, 0.3) is 0 Å². The molecule has 98 valence electrons. The van der Waals surface area contributed by atoms with Gasteiger partial charge in [-0.1, -0.05) is 15.9 Å². The number of halogens is 1. The normalized spacial score (nSPS) is 14.7. The minimum Gasteiger partial charge on any atom is -0.360 e. The van der Waals surface area contributed by atoms with Crippen LogP contribution in [0.5, 0.6) is 0 Å². The number of fused-ring (bicyclic) bond motifs is 1. The van der Waals surface area contributed by atoms with Crippen molar-refractivity contribution >= 4 is 33.2 Å². The van der Waals surface area contributed by atoms with Crippen LogP contribution in [0.25, 0.3) is 0 Å². The van der Waals surface area contributed by atoms with E-state index in [9.17, 15) is 4.79 Å². The summed E-state index contributed by atoms with van der Waals surface area (Å²) in [6.45, 7) is 2.37. The zero-order valence-corrected chi connectivity index (χ0v) is 12.3. The maximum atomic E-state index is 11.6. The molecule has 5 heteroatoms. The molecule has 1 aliphatic heterocycles. The lowest BCUT2D eigenvalue weighted by Crippen LogP contribution is -2.39. The lowest BCUT2D eigenvalue weighted by atomic mass is 10.2. The molecule has 0 aromatic heterocycles. The molecule has 1 aromatic carbocycles. The van der Waals surface area contributed by atoms with Gasteiger partial charge in [-0.2, -0.15) is 0 Å². The Balaban J connectivity index is 2.11. The first kappa shape index (κ1) is 13.4. The molecule has 1 amide bonds. The van der Waals surface area contributed by atoms with Crippen molar-refractivity contribution < 1.29 is 4.79 Å². The highest BCUT2D eigenvalue weighted by atomic mass is 79.9. The summed E-state index contributed by atoms with van der Waals surface area (Å²) in [5.41, 5.74) is 2.00.